The molecule has 14 nitrogen and oxygen atoms in total. The van der Waals surface area contributed by atoms with Gasteiger partial charge >= 0.3 is 7.75 Å². The zero-order valence-electron chi connectivity index (χ0n) is 16.5. The van der Waals surface area contributed by atoms with E-state index in [4.69, 9.17) is 20.7 Å². The van der Waals surface area contributed by atoms with Crippen LogP contribution >= 0.6 is 7.75 Å². The summed E-state index contributed by atoms with van der Waals surface area (Å²) in [6, 6.07) is -0.630. The van der Waals surface area contributed by atoms with Crippen molar-refractivity contribution in [3.63, 3.8) is 0 Å². The molecule has 0 fully saturated rings. The van der Waals surface area contributed by atoms with E-state index < -0.39 is 25.3 Å². The minimum absolute atomic E-state index is 0.0409. The van der Waals surface area contributed by atoms with Crippen molar-refractivity contribution in [1.82, 2.24) is 29.9 Å². The van der Waals surface area contributed by atoms with Crippen molar-refractivity contribution in [2.45, 2.75) is 32.0 Å². The third-order valence-electron chi connectivity index (χ3n) is 4.08. The molecule has 8 N–H and O–H groups in total. The Labute approximate surface area is 171 Å². The molecule has 0 aliphatic heterocycles. The second kappa shape index (κ2) is 11.2. The Balaban J connectivity index is 1.77. The molecule has 1 unspecified atom stereocenters. The van der Waals surface area contributed by atoms with Gasteiger partial charge in [0.2, 0.25) is 11.9 Å². The van der Waals surface area contributed by atoms with Crippen LogP contribution in [0, 0.1) is 0 Å². The van der Waals surface area contributed by atoms with Crippen LogP contribution in [0.25, 0.3) is 11.2 Å². The number of hydrogen-bond donors (Lipinski definition) is 6. The molecule has 30 heavy (non-hydrogen) atoms. The second-order valence-electron chi connectivity index (χ2n) is 6.33. The van der Waals surface area contributed by atoms with Gasteiger partial charge in [-0.05, 0) is 26.4 Å². The Bertz CT molecular complexity index is 947. The van der Waals surface area contributed by atoms with Gasteiger partial charge in [-0.3, -0.25) is 28.8 Å². The van der Waals surface area contributed by atoms with Crippen LogP contribution in [0.15, 0.2) is 11.1 Å². The first-order chi connectivity index (χ1) is 14.3. The summed E-state index contributed by atoms with van der Waals surface area (Å²) < 4.78 is 23.7. The number of anilines is 1. The van der Waals surface area contributed by atoms with E-state index >= 15 is 0 Å². The van der Waals surface area contributed by atoms with Gasteiger partial charge < -0.3 is 26.4 Å². The Morgan fingerprint density at radius 1 is 1.43 bits per heavy atom. The molecule has 2 aromatic heterocycles. The average Bonchev–Trinajstić information content (AvgIpc) is 3.07. The number of carbonyl (C=O) groups excluding carboxylic acids is 1. The van der Waals surface area contributed by atoms with Crippen LogP contribution in [0.5, 0.6) is 0 Å². The molecule has 0 spiro atoms. The first-order valence-corrected chi connectivity index (χ1v) is 10.8. The highest BCUT2D eigenvalue weighted by Crippen LogP contribution is 2.36. The van der Waals surface area contributed by atoms with Crippen LogP contribution in [0.1, 0.15) is 19.3 Å². The van der Waals surface area contributed by atoms with Gasteiger partial charge in [0.25, 0.3) is 5.56 Å². The summed E-state index contributed by atoms with van der Waals surface area (Å²) in [6.07, 6.45) is 3.28. The molecular weight excluding hydrogens is 419 g/mol. The molecule has 2 aromatic rings. The molecule has 0 saturated carbocycles. The molecule has 0 bridgehead atoms. The Morgan fingerprint density at radius 3 is 2.90 bits per heavy atom. The van der Waals surface area contributed by atoms with Crippen molar-refractivity contribution in [3.05, 3.63) is 16.7 Å². The van der Waals surface area contributed by atoms with E-state index in [-0.39, 0.29) is 37.1 Å². The fourth-order valence-corrected chi connectivity index (χ4v) is 3.42. The summed E-state index contributed by atoms with van der Waals surface area (Å²) in [7, 11) is -2.76. The number of nitrogens with two attached hydrogens (primary N) is 2. The lowest BCUT2D eigenvalue weighted by molar-refractivity contribution is -0.121. The number of H-pyrrole nitrogens is 1. The second-order valence-corrected chi connectivity index (χ2v) is 7.85. The number of fused-ring (bicyclic) bond motifs is 1. The molecule has 2 atom stereocenters. The van der Waals surface area contributed by atoms with Gasteiger partial charge in [-0.1, -0.05) is 6.42 Å². The fraction of sp³-hybridized carbons (Fsp3) is 0.600. The van der Waals surface area contributed by atoms with E-state index in [0.717, 1.165) is 6.42 Å². The number of rotatable bonds is 13. The number of nitrogen functional groups attached to an aromatic ring is 1. The van der Waals surface area contributed by atoms with Gasteiger partial charge in [-0.15, -0.1) is 0 Å². The monoisotopic (exact) mass is 446 g/mol. The summed E-state index contributed by atoms with van der Waals surface area (Å²) in [5, 5.41) is 4.78. The van der Waals surface area contributed by atoms with E-state index in [2.05, 4.69) is 20.3 Å². The van der Waals surface area contributed by atoms with E-state index in [1.807, 2.05) is 5.09 Å². The quantitative estimate of drug-likeness (QED) is 0.156. The van der Waals surface area contributed by atoms with Crippen LogP contribution in [0.2, 0.25) is 0 Å². The summed E-state index contributed by atoms with van der Waals surface area (Å²) in [6.45, 7) is 0.147. The molecule has 0 aromatic carbocycles. The van der Waals surface area contributed by atoms with E-state index in [1.165, 1.54) is 10.9 Å². The molecule has 0 aliphatic rings. The molecule has 168 valence electrons. The van der Waals surface area contributed by atoms with Crippen molar-refractivity contribution < 1.29 is 23.5 Å². The number of aromatic amines is 1. The smallest absolute Gasteiger partial charge is 0.369 e. The summed E-state index contributed by atoms with van der Waals surface area (Å²) in [4.78, 5) is 43.9. The highest BCUT2D eigenvalue weighted by Gasteiger charge is 2.26. The lowest BCUT2D eigenvalue weighted by atomic mass is 10.1. The third-order valence-corrected chi connectivity index (χ3v) is 5.12. The van der Waals surface area contributed by atoms with E-state index in [9.17, 15) is 19.0 Å². The predicted octanol–water partition coefficient (Wildman–Crippen LogP) is -1.37. The van der Waals surface area contributed by atoms with Crippen LogP contribution in [-0.2, 0) is 25.4 Å². The number of hydrogen-bond acceptors (Lipinski definition) is 10. The Morgan fingerprint density at radius 2 is 2.20 bits per heavy atom. The Kier molecular flexibility index (Phi) is 8.89. The standard InChI is InChI=1S/C15H27N8O6P/c1-18-10(4-2-3-5-16)13(24)22-30(26,27)29-7-6-28-9-23-8-19-11-12(23)20-15(17)21-14(11)25/h8,10,18H,2-7,9,16H2,1H3,(H3,17,20,21,25)(H2,22,24,26,27)/t10-/m0/s1. The minimum Gasteiger partial charge on any atom is -0.369 e. The number of carbonyl (C=O) groups is 1. The lowest BCUT2D eigenvalue weighted by Crippen LogP contribution is -2.41. The highest BCUT2D eigenvalue weighted by molar-refractivity contribution is 7.51. The molecule has 2 rings (SSSR count). The van der Waals surface area contributed by atoms with Crippen LogP contribution in [0.3, 0.4) is 0 Å². The third kappa shape index (κ3) is 6.86. The van der Waals surface area contributed by atoms with E-state index in [0.29, 0.717) is 19.4 Å². The van der Waals surface area contributed by atoms with Crippen molar-refractivity contribution in [2.75, 3.05) is 32.5 Å². The number of aromatic nitrogens is 4. The fourth-order valence-electron chi connectivity index (χ4n) is 2.60. The predicted molar refractivity (Wildman–Crippen MR) is 108 cm³/mol. The number of likely N-dealkylation sites (N-methyl/N-ethyl adjacent to an activating group) is 1. The van der Waals surface area contributed by atoms with Crippen LogP contribution in [0.4, 0.5) is 5.95 Å². The van der Waals surface area contributed by atoms with Gasteiger partial charge in [0.15, 0.2) is 11.2 Å². The number of nitrogens with zero attached hydrogens (tertiary/aromatic N) is 3. The van der Waals surface area contributed by atoms with Crippen LogP contribution in [-0.4, -0.2) is 63.2 Å². The summed E-state index contributed by atoms with van der Waals surface area (Å²) in [5.41, 5.74) is 10.8. The number of amides is 1. The summed E-state index contributed by atoms with van der Waals surface area (Å²) >= 11 is 0. The molecular formula is C15H27N8O6P. The normalized spacial score (nSPS) is 14.5. The maximum Gasteiger partial charge on any atom is 0.432 e. The topological polar surface area (TPSA) is 212 Å². The zero-order valence-corrected chi connectivity index (χ0v) is 17.4. The molecule has 0 radical (unpaired) electrons. The number of nitrogens with one attached hydrogen (secondary N) is 3. The SMILES string of the molecule is CN[C@@H](CCCCN)C(=O)NP(=O)(O)OCCOCn1cnc2c(=O)[nH]c(N)nc21. The first kappa shape index (κ1) is 23.9. The Hall–Kier alpha value is -2.35. The number of imidazole rings is 1. The molecule has 1 amide bonds. The zero-order chi connectivity index (χ0) is 22.1. The molecule has 15 heteroatoms. The molecule has 0 saturated heterocycles. The summed E-state index contributed by atoms with van der Waals surface area (Å²) in [5.74, 6) is -0.697. The minimum atomic E-state index is -4.34. The van der Waals surface area contributed by atoms with Gasteiger partial charge in [-0.25, -0.2) is 9.55 Å². The lowest BCUT2D eigenvalue weighted by Gasteiger charge is -2.18. The van der Waals surface area contributed by atoms with Gasteiger partial charge in [-0.2, -0.15) is 4.98 Å². The van der Waals surface area contributed by atoms with Gasteiger partial charge in [0, 0.05) is 0 Å². The van der Waals surface area contributed by atoms with Crippen molar-refractivity contribution in [3.8, 4) is 0 Å². The largest absolute Gasteiger partial charge is 0.432 e. The van der Waals surface area contributed by atoms with Crippen molar-refractivity contribution >= 4 is 30.8 Å². The first-order valence-electron chi connectivity index (χ1n) is 9.22. The average molecular weight is 446 g/mol. The maximum atomic E-state index is 12.1. The number of ether oxygens (including phenoxy) is 1. The van der Waals surface area contributed by atoms with Crippen molar-refractivity contribution in [2.24, 2.45) is 5.73 Å². The highest BCUT2D eigenvalue weighted by atomic mass is 31.2. The van der Waals surface area contributed by atoms with Gasteiger partial charge in [0.1, 0.15) is 6.73 Å². The van der Waals surface area contributed by atoms with Gasteiger partial charge in [0.05, 0.1) is 25.6 Å². The number of unbranched alkanes of at least 4 members (excludes halogenated alkanes) is 1. The molecule has 2 heterocycles. The van der Waals surface area contributed by atoms with Crippen molar-refractivity contribution in [1.29, 1.82) is 0 Å². The van der Waals surface area contributed by atoms with E-state index in [1.54, 1.807) is 7.05 Å². The van der Waals surface area contributed by atoms with Crippen LogP contribution < -0.4 is 27.4 Å². The maximum absolute atomic E-state index is 12.1. The molecule has 0 aliphatic carbocycles.